The van der Waals surface area contributed by atoms with Gasteiger partial charge in [-0.15, -0.1) is 0 Å². The number of furan rings is 1. The van der Waals surface area contributed by atoms with Crippen LogP contribution >= 0.6 is 0 Å². The van der Waals surface area contributed by atoms with Crippen LogP contribution in [0.3, 0.4) is 0 Å². The Balaban J connectivity index is 1.74. The zero-order chi connectivity index (χ0) is 17.2. The number of carbonyl (C=O) groups is 1. The number of amides is 1. The topological polar surface area (TPSA) is 60.7 Å². The predicted molar refractivity (Wildman–Crippen MR) is 92.1 cm³/mol. The summed E-state index contributed by atoms with van der Waals surface area (Å²) in [7, 11) is 0. The Labute approximate surface area is 143 Å². The van der Waals surface area contributed by atoms with Crippen molar-refractivity contribution in [2.75, 3.05) is 19.8 Å². The number of carbonyl (C=O) groups excluding carboxylic acids is 1. The van der Waals surface area contributed by atoms with Crippen LogP contribution in [0.2, 0.25) is 0 Å². The Morgan fingerprint density at radius 1 is 1.21 bits per heavy atom. The molecule has 0 spiro atoms. The molecule has 1 aromatic heterocycles. The molecule has 0 aliphatic carbocycles. The molecule has 5 nitrogen and oxygen atoms in total. The van der Waals surface area contributed by atoms with Crippen molar-refractivity contribution in [3.8, 4) is 5.75 Å². The van der Waals surface area contributed by atoms with Crippen LogP contribution in [-0.2, 0) is 11.3 Å². The average Bonchev–Trinajstić information content (AvgIpc) is 3.05. The van der Waals surface area contributed by atoms with Gasteiger partial charge < -0.3 is 19.2 Å². The van der Waals surface area contributed by atoms with E-state index >= 15 is 0 Å². The molecule has 0 atom stereocenters. The van der Waals surface area contributed by atoms with Crippen LogP contribution in [0.1, 0.15) is 36.4 Å². The van der Waals surface area contributed by atoms with Gasteiger partial charge in [0, 0.05) is 25.3 Å². The van der Waals surface area contributed by atoms with Crippen molar-refractivity contribution in [2.45, 2.75) is 26.9 Å². The van der Waals surface area contributed by atoms with Crippen molar-refractivity contribution in [2.24, 2.45) is 5.92 Å². The zero-order valence-electron chi connectivity index (χ0n) is 14.3. The number of hydrogen-bond donors (Lipinski definition) is 1. The van der Waals surface area contributed by atoms with Gasteiger partial charge in [0.25, 0.3) is 5.91 Å². The maximum absolute atomic E-state index is 12.2. The molecule has 0 aliphatic heterocycles. The summed E-state index contributed by atoms with van der Waals surface area (Å²) in [5.74, 6) is 1.35. The maximum atomic E-state index is 12.2. The van der Waals surface area contributed by atoms with Crippen LogP contribution in [0.25, 0.3) is 0 Å². The number of nitrogens with one attached hydrogen (secondary N) is 1. The first kappa shape index (κ1) is 18.1. The SMILES string of the molecule is CC(C)COCCCNC(=O)c1occc1COc1ccccc1. The second-order valence-corrected chi connectivity index (χ2v) is 5.95. The summed E-state index contributed by atoms with van der Waals surface area (Å²) in [6.07, 6.45) is 2.28. The molecule has 1 N–H and O–H groups in total. The Hall–Kier alpha value is -2.27. The third-order valence-corrected chi connectivity index (χ3v) is 3.29. The first-order valence-electron chi connectivity index (χ1n) is 8.27. The molecular weight excluding hydrogens is 306 g/mol. The molecule has 0 saturated carbocycles. The highest BCUT2D eigenvalue weighted by Gasteiger charge is 2.15. The van der Waals surface area contributed by atoms with Gasteiger partial charge in [-0.05, 0) is 30.5 Å². The molecule has 130 valence electrons. The van der Waals surface area contributed by atoms with Crippen molar-refractivity contribution in [3.05, 3.63) is 54.0 Å². The lowest BCUT2D eigenvalue weighted by atomic mass is 10.2. The van der Waals surface area contributed by atoms with Crippen LogP contribution < -0.4 is 10.1 Å². The Bertz CT molecular complexity index is 607. The lowest BCUT2D eigenvalue weighted by Gasteiger charge is -2.08. The molecule has 1 amide bonds. The van der Waals surface area contributed by atoms with E-state index in [-0.39, 0.29) is 5.91 Å². The highest BCUT2D eigenvalue weighted by atomic mass is 16.5. The van der Waals surface area contributed by atoms with Crippen molar-refractivity contribution >= 4 is 5.91 Å². The minimum absolute atomic E-state index is 0.226. The Morgan fingerprint density at radius 3 is 2.75 bits per heavy atom. The minimum Gasteiger partial charge on any atom is -0.489 e. The number of para-hydroxylation sites is 1. The first-order valence-corrected chi connectivity index (χ1v) is 8.27. The van der Waals surface area contributed by atoms with Crippen LogP contribution in [0.5, 0.6) is 5.75 Å². The standard InChI is InChI=1S/C19H25NO4/c1-15(2)13-22-11-6-10-20-19(21)18-16(9-12-23-18)14-24-17-7-4-3-5-8-17/h3-5,7-9,12,15H,6,10-11,13-14H2,1-2H3,(H,20,21). The van der Waals surface area contributed by atoms with Crippen LogP contribution in [0, 0.1) is 5.92 Å². The summed E-state index contributed by atoms with van der Waals surface area (Å²) in [5, 5.41) is 2.84. The molecule has 24 heavy (non-hydrogen) atoms. The third-order valence-electron chi connectivity index (χ3n) is 3.29. The van der Waals surface area contributed by atoms with Crippen molar-refractivity contribution < 1.29 is 18.7 Å². The summed E-state index contributed by atoms with van der Waals surface area (Å²) >= 11 is 0. The van der Waals surface area contributed by atoms with Gasteiger partial charge in [0.15, 0.2) is 5.76 Å². The molecule has 0 aliphatic rings. The van der Waals surface area contributed by atoms with Gasteiger partial charge in [0.1, 0.15) is 12.4 Å². The fraction of sp³-hybridized carbons (Fsp3) is 0.421. The molecule has 1 heterocycles. The van der Waals surface area contributed by atoms with E-state index in [9.17, 15) is 4.79 Å². The van der Waals surface area contributed by atoms with Crippen molar-refractivity contribution in [1.29, 1.82) is 0 Å². The highest BCUT2D eigenvalue weighted by molar-refractivity contribution is 5.92. The number of ether oxygens (including phenoxy) is 2. The summed E-state index contributed by atoms with van der Waals surface area (Å²) < 4.78 is 16.4. The normalized spacial score (nSPS) is 10.8. The van der Waals surface area contributed by atoms with E-state index in [2.05, 4.69) is 19.2 Å². The molecule has 0 bridgehead atoms. The van der Waals surface area contributed by atoms with Crippen LogP contribution in [0.4, 0.5) is 0 Å². The minimum atomic E-state index is -0.226. The largest absolute Gasteiger partial charge is 0.489 e. The molecular formula is C19H25NO4. The average molecular weight is 331 g/mol. The molecule has 0 radical (unpaired) electrons. The summed E-state index contributed by atoms with van der Waals surface area (Å²) in [5.41, 5.74) is 0.729. The number of hydrogen-bond acceptors (Lipinski definition) is 4. The highest BCUT2D eigenvalue weighted by Crippen LogP contribution is 2.15. The Morgan fingerprint density at radius 2 is 2.00 bits per heavy atom. The lowest BCUT2D eigenvalue weighted by Crippen LogP contribution is -2.26. The second kappa shape index (κ2) is 9.78. The van der Waals surface area contributed by atoms with Crippen molar-refractivity contribution in [1.82, 2.24) is 5.32 Å². The third kappa shape index (κ3) is 6.08. The predicted octanol–water partition coefficient (Wildman–Crippen LogP) is 3.65. The van der Waals surface area contributed by atoms with Gasteiger partial charge in [0.05, 0.1) is 6.26 Å². The fourth-order valence-electron chi connectivity index (χ4n) is 2.10. The smallest absolute Gasteiger partial charge is 0.287 e. The molecule has 0 unspecified atom stereocenters. The molecule has 2 rings (SSSR count). The lowest BCUT2D eigenvalue weighted by molar-refractivity contribution is 0.0897. The maximum Gasteiger partial charge on any atom is 0.287 e. The molecule has 1 aromatic carbocycles. The second-order valence-electron chi connectivity index (χ2n) is 5.95. The van der Waals surface area contributed by atoms with Crippen LogP contribution in [0.15, 0.2) is 47.1 Å². The van der Waals surface area contributed by atoms with E-state index in [1.165, 1.54) is 6.26 Å². The van der Waals surface area contributed by atoms with Gasteiger partial charge in [-0.3, -0.25) is 4.79 Å². The Kier molecular flexibility index (Phi) is 7.36. The van der Waals surface area contributed by atoms with Gasteiger partial charge in [-0.2, -0.15) is 0 Å². The van der Waals surface area contributed by atoms with E-state index in [4.69, 9.17) is 13.9 Å². The summed E-state index contributed by atoms with van der Waals surface area (Å²) in [6.45, 7) is 6.44. The molecule has 2 aromatic rings. The molecule has 5 heteroatoms. The molecule has 0 saturated heterocycles. The number of benzene rings is 1. The zero-order valence-corrected chi connectivity index (χ0v) is 14.3. The molecule has 0 fully saturated rings. The summed E-state index contributed by atoms with van der Waals surface area (Å²) in [4.78, 5) is 12.2. The van der Waals surface area contributed by atoms with Gasteiger partial charge >= 0.3 is 0 Å². The van der Waals surface area contributed by atoms with Gasteiger partial charge in [-0.25, -0.2) is 0 Å². The van der Waals surface area contributed by atoms with E-state index in [0.29, 0.717) is 31.4 Å². The van der Waals surface area contributed by atoms with Gasteiger partial charge in [-0.1, -0.05) is 32.0 Å². The number of rotatable bonds is 10. The van der Waals surface area contributed by atoms with Crippen molar-refractivity contribution in [3.63, 3.8) is 0 Å². The van der Waals surface area contributed by atoms with E-state index in [1.807, 2.05) is 30.3 Å². The monoisotopic (exact) mass is 331 g/mol. The van der Waals surface area contributed by atoms with Gasteiger partial charge in [0.2, 0.25) is 0 Å². The fourth-order valence-corrected chi connectivity index (χ4v) is 2.10. The summed E-state index contributed by atoms with van der Waals surface area (Å²) in [6, 6.07) is 11.2. The van der Waals surface area contributed by atoms with E-state index in [0.717, 1.165) is 24.3 Å². The quantitative estimate of drug-likeness (QED) is 0.675. The van der Waals surface area contributed by atoms with Crippen LogP contribution in [-0.4, -0.2) is 25.7 Å². The first-order chi connectivity index (χ1) is 11.7. The van der Waals surface area contributed by atoms with E-state index < -0.39 is 0 Å². The van der Waals surface area contributed by atoms with E-state index in [1.54, 1.807) is 6.07 Å².